The molecule has 0 radical (unpaired) electrons. The summed E-state index contributed by atoms with van der Waals surface area (Å²) >= 11 is 0.752. The fourth-order valence-corrected chi connectivity index (χ4v) is 8.42. The second kappa shape index (κ2) is 9.64. The van der Waals surface area contributed by atoms with E-state index in [1.165, 1.54) is 10.4 Å². The highest BCUT2D eigenvalue weighted by Gasteiger charge is 2.42. The third kappa shape index (κ3) is 5.01. The Labute approximate surface area is 235 Å². The lowest BCUT2D eigenvalue weighted by Crippen LogP contribution is -2.50. The number of hydrogen-bond donors (Lipinski definition) is 1. The molecule has 0 unspecified atom stereocenters. The molecule has 218 valence electrons. The van der Waals surface area contributed by atoms with Crippen LogP contribution in [-0.4, -0.2) is 77.9 Å². The SMILES string of the molecule is CC(C)S(=O)(=O)N1CCN(c2cc(S(=O)(=O)NC3(C)CC3)cc3c2nc(C2CC2)n3-c2nnc(C(F)F)s2)CC1. The summed E-state index contributed by atoms with van der Waals surface area (Å²) in [5, 5.41) is 6.90. The molecule has 0 amide bonds. The summed E-state index contributed by atoms with van der Waals surface area (Å²) in [5.41, 5.74) is 1.01. The first-order valence-corrected chi connectivity index (χ1v) is 17.1. The van der Waals surface area contributed by atoms with Gasteiger partial charge in [0.05, 0.1) is 21.3 Å². The summed E-state index contributed by atoms with van der Waals surface area (Å²) in [6, 6.07) is 3.11. The Morgan fingerprint density at radius 3 is 2.27 bits per heavy atom. The van der Waals surface area contributed by atoms with Gasteiger partial charge in [0.2, 0.25) is 25.2 Å². The molecule has 0 bridgehead atoms. The van der Waals surface area contributed by atoms with Crippen molar-refractivity contribution in [2.75, 3.05) is 31.1 Å². The number of nitrogens with one attached hydrogen (secondary N) is 1. The molecular weight excluding hydrogens is 585 g/mol. The van der Waals surface area contributed by atoms with Crippen molar-refractivity contribution in [2.24, 2.45) is 0 Å². The Morgan fingerprint density at radius 2 is 1.73 bits per heavy atom. The van der Waals surface area contributed by atoms with Gasteiger partial charge >= 0.3 is 0 Å². The first-order valence-electron chi connectivity index (χ1n) is 13.3. The maximum Gasteiger partial charge on any atom is 0.291 e. The molecule has 3 aromatic rings. The fraction of sp³-hybridized carbons (Fsp3) is 0.625. The van der Waals surface area contributed by atoms with Gasteiger partial charge in [0.1, 0.15) is 11.3 Å². The highest BCUT2D eigenvalue weighted by Crippen LogP contribution is 2.45. The molecule has 0 spiro atoms. The largest absolute Gasteiger partial charge is 0.367 e. The van der Waals surface area contributed by atoms with Gasteiger partial charge in [-0.15, -0.1) is 10.2 Å². The molecule has 2 aromatic heterocycles. The fourth-order valence-electron chi connectivity index (χ4n) is 4.92. The van der Waals surface area contributed by atoms with Crippen LogP contribution in [0.25, 0.3) is 16.2 Å². The maximum absolute atomic E-state index is 13.5. The molecule has 11 nitrogen and oxygen atoms in total. The zero-order valence-corrected chi connectivity index (χ0v) is 24.8. The van der Waals surface area contributed by atoms with Crippen molar-refractivity contribution in [3.05, 3.63) is 23.0 Å². The van der Waals surface area contributed by atoms with Gasteiger partial charge in [0.25, 0.3) is 6.43 Å². The lowest BCUT2D eigenvalue weighted by atomic mass is 10.2. The van der Waals surface area contributed by atoms with Crippen LogP contribution in [-0.2, 0) is 20.0 Å². The van der Waals surface area contributed by atoms with Crippen molar-refractivity contribution in [3.63, 3.8) is 0 Å². The molecule has 2 aliphatic carbocycles. The summed E-state index contributed by atoms with van der Waals surface area (Å²) < 4.78 is 85.3. The Kier molecular flexibility index (Phi) is 6.72. The van der Waals surface area contributed by atoms with Crippen molar-refractivity contribution >= 4 is 48.1 Å². The van der Waals surface area contributed by atoms with E-state index in [0.29, 0.717) is 35.6 Å². The predicted molar refractivity (Wildman–Crippen MR) is 147 cm³/mol. The predicted octanol–water partition coefficient (Wildman–Crippen LogP) is 3.38. The Balaban J connectivity index is 1.49. The zero-order chi connectivity index (χ0) is 28.6. The molecular formula is C24H31F2N7O4S3. The lowest BCUT2D eigenvalue weighted by molar-refractivity contribution is 0.150. The second-order valence-corrected chi connectivity index (χ2v) is 16.4. The normalized spacial score (nSPS) is 20.2. The van der Waals surface area contributed by atoms with Crippen LogP contribution in [0.3, 0.4) is 0 Å². The number of piperazine rings is 1. The van der Waals surface area contributed by atoms with Gasteiger partial charge in [0, 0.05) is 37.6 Å². The quantitative estimate of drug-likeness (QED) is 0.388. The van der Waals surface area contributed by atoms with Crippen LogP contribution in [0.5, 0.6) is 0 Å². The number of anilines is 1. The number of alkyl halides is 2. The number of nitrogens with zero attached hydrogens (tertiary/aromatic N) is 6. The third-order valence-corrected chi connectivity index (χ3v) is 12.5. The molecule has 40 heavy (non-hydrogen) atoms. The van der Waals surface area contributed by atoms with E-state index in [1.807, 2.05) is 11.8 Å². The number of hydrogen-bond acceptors (Lipinski definition) is 9. The Hall–Kier alpha value is -2.27. The zero-order valence-electron chi connectivity index (χ0n) is 22.3. The van der Waals surface area contributed by atoms with Crippen LogP contribution in [0.15, 0.2) is 17.0 Å². The molecule has 3 fully saturated rings. The van der Waals surface area contributed by atoms with Gasteiger partial charge in [-0.05, 0) is 58.6 Å². The minimum atomic E-state index is -3.93. The van der Waals surface area contributed by atoms with Crippen LogP contribution < -0.4 is 9.62 Å². The summed E-state index contributed by atoms with van der Waals surface area (Å²) in [6.07, 6.45) is 0.432. The molecule has 1 aliphatic heterocycles. The molecule has 6 rings (SSSR count). The minimum absolute atomic E-state index is 0.0300. The molecule has 1 aromatic carbocycles. The molecule has 2 saturated carbocycles. The van der Waals surface area contributed by atoms with Gasteiger partial charge in [-0.1, -0.05) is 11.3 Å². The molecule has 1 saturated heterocycles. The lowest BCUT2D eigenvalue weighted by Gasteiger charge is -2.36. The number of imidazole rings is 1. The first kappa shape index (κ1) is 27.9. The van der Waals surface area contributed by atoms with Crippen molar-refractivity contribution in [3.8, 4) is 5.13 Å². The number of rotatable bonds is 9. The molecule has 3 heterocycles. The number of sulfonamides is 2. The first-order chi connectivity index (χ1) is 18.8. The average molecular weight is 616 g/mol. The van der Waals surface area contributed by atoms with E-state index in [0.717, 1.165) is 37.0 Å². The van der Waals surface area contributed by atoms with E-state index in [2.05, 4.69) is 14.9 Å². The summed E-state index contributed by atoms with van der Waals surface area (Å²) in [6.45, 7) is 6.32. The highest BCUT2D eigenvalue weighted by atomic mass is 32.2. The Bertz CT molecular complexity index is 1670. The minimum Gasteiger partial charge on any atom is -0.367 e. The number of aromatic nitrogens is 4. The van der Waals surface area contributed by atoms with Crippen molar-refractivity contribution in [1.82, 2.24) is 28.8 Å². The van der Waals surface area contributed by atoms with Crippen molar-refractivity contribution in [1.29, 1.82) is 0 Å². The average Bonchev–Trinajstić information content (AvgIpc) is 3.77. The number of halogens is 2. The van der Waals surface area contributed by atoms with E-state index in [4.69, 9.17) is 4.98 Å². The monoisotopic (exact) mass is 615 g/mol. The van der Waals surface area contributed by atoms with Crippen molar-refractivity contribution < 1.29 is 25.6 Å². The molecule has 1 N–H and O–H groups in total. The summed E-state index contributed by atoms with van der Waals surface area (Å²) in [7, 11) is -7.37. The van der Waals surface area contributed by atoms with Crippen molar-refractivity contribution in [2.45, 2.75) is 74.5 Å². The smallest absolute Gasteiger partial charge is 0.291 e. The van der Waals surface area contributed by atoms with Crippen LogP contribution in [0.1, 0.15) is 69.6 Å². The van der Waals surface area contributed by atoms with Crippen LogP contribution in [0, 0.1) is 0 Å². The van der Waals surface area contributed by atoms with Gasteiger partial charge in [-0.3, -0.25) is 4.57 Å². The number of benzene rings is 1. The standard InChI is InChI=1S/C24H31F2N7O4S3/c1-14(2)40(36,37)32-10-8-31(9-11-32)17-12-16(39(34,35)30-24(3)6-7-24)13-18-19(17)27-21(15-4-5-15)33(18)23-29-28-22(38-23)20(25)26/h12-15,20,30H,4-11H2,1-3H3. The van der Waals surface area contributed by atoms with Crippen LogP contribution in [0.4, 0.5) is 14.5 Å². The van der Waals surface area contributed by atoms with Gasteiger partial charge < -0.3 is 4.90 Å². The third-order valence-electron chi connectivity index (χ3n) is 7.72. The molecule has 3 aliphatic rings. The van der Waals surface area contributed by atoms with Crippen LogP contribution in [0.2, 0.25) is 0 Å². The summed E-state index contributed by atoms with van der Waals surface area (Å²) in [4.78, 5) is 6.89. The second-order valence-electron chi connectivity index (χ2n) is 11.3. The molecule has 0 atom stereocenters. The topological polar surface area (TPSA) is 130 Å². The number of fused-ring (bicyclic) bond motifs is 1. The van der Waals surface area contributed by atoms with E-state index < -0.39 is 42.3 Å². The van der Waals surface area contributed by atoms with E-state index in [1.54, 1.807) is 24.5 Å². The van der Waals surface area contributed by atoms with Gasteiger partial charge in [-0.2, -0.15) is 4.31 Å². The highest BCUT2D eigenvalue weighted by molar-refractivity contribution is 7.89. The van der Waals surface area contributed by atoms with Gasteiger partial charge in [-0.25, -0.2) is 35.3 Å². The summed E-state index contributed by atoms with van der Waals surface area (Å²) in [5.74, 6) is 0.724. The van der Waals surface area contributed by atoms with Crippen LogP contribution >= 0.6 is 11.3 Å². The van der Waals surface area contributed by atoms with E-state index in [-0.39, 0.29) is 29.0 Å². The maximum atomic E-state index is 13.5. The van der Waals surface area contributed by atoms with E-state index in [9.17, 15) is 25.6 Å². The van der Waals surface area contributed by atoms with E-state index >= 15 is 0 Å². The molecule has 16 heteroatoms. The Morgan fingerprint density at radius 1 is 1.05 bits per heavy atom. The van der Waals surface area contributed by atoms with Gasteiger partial charge in [0.15, 0.2) is 5.01 Å².